The normalized spacial score (nSPS) is 31.9. The van der Waals surface area contributed by atoms with Gasteiger partial charge in [0, 0.05) is 6.26 Å². The lowest BCUT2D eigenvalue weighted by atomic mass is 10.3. The van der Waals surface area contributed by atoms with Gasteiger partial charge in [-0.2, -0.15) is 5.10 Å². The van der Waals surface area contributed by atoms with Crippen LogP contribution in [0.4, 0.5) is 0 Å². The van der Waals surface area contributed by atoms with Crippen LogP contribution in [-0.4, -0.2) is 33.1 Å². The molecule has 0 amide bonds. The van der Waals surface area contributed by atoms with Crippen molar-refractivity contribution in [1.82, 2.24) is 9.78 Å². The fourth-order valence-electron chi connectivity index (χ4n) is 1.31. The van der Waals surface area contributed by atoms with Crippen molar-refractivity contribution in [3.8, 4) is 0 Å². The molecular formula is C7H9N3O2S. The van der Waals surface area contributed by atoms with E-state index in [2.05, 4.69) is 9.46 Å². The van der Waals surface area contributed by atoms with E-state index in [1.165, 1.54) is 10.9 Å². The van der Waals surface area contributed by atoms with Crippen molar-refractivity contribution in [3.63, 3.8) is 0 Å². The molecule has 1 aromatic heterocycles. The number of hydrogen-bond donors (Lipinski definition) is 0. The maximum atomic E-state index is 11.8. The molecule has 2 atom stereocenters. The molecule has 0 aromatic carbocycles. The van der Waals surface area contributed by atoms with Gasteiger partial charge in [-0.3, -0.25) is 0 Å². The summed E-state index contributed by atoms with van der Waals surface area (Å²) in [6.07, 6.45) is 3.87. The number of carbonyl (C=O) groups is 1. The minimum Gasteiger partial charge on any atom is -0.301 e. The maximum Gasteiger partial charge on any atom is 0.146 e. The van der Waals surface area contributed by atoms with Gasteiger partial charge in [-0.25, -0.2) is 13.3 Å². The van der Waals surface area contributed by atoms with Gasteiger partial charge < -0.3 is 4.79 Å². The lowest BCUT2D eigenvalue weighted by Gasteiger charge is -2.18. The number of aromatic nitrogens is 2. The van der Waals surface area contributed by atoms with Gasteiger partial charge >= 0.3 is 0 Å². The third-order valence-corrected chi connectivity index (χ3v) is 3.74. The first kappa shape index (κ1) is 8.43. The molecule has 2 heterocycles. The zero-order valence-electron chi connectivity index (χ0n) is 7.08. The van der Waals surface area contributed by atoms with E-state index < -0.39 is 9.73 Å². The first-order valence-corrected chi connectivity index (χ1v) is 5.74. The molecule has 1 aliphatic heterocycles. The average molecular weight is 199 g/mol. The molecule has 2 unspecified atom stereocenters. The van der Waals surface area contributed by atoms with Crippen LogP contribution in [0.15, 0.2) is 21.7 Å². The van der Waals surface area contributed by atoms with Crippen molar-refractivity contribution < 1.29 is 9.00 Å². The number of nitrogens with zero attached hydrogens (tertiary/aromatic N) is 3. The summed E-state index contributed by atoms with van der Waals surface area (Å²) in [5.74, 6) is 0. The molecule has 1 aliphatic rings. The summed E-state index contributed by atoms with van der Waals surface area (Å²) in [7, 11) is -2.33. The van der Waals surface area contributed by atoms with Crippen molar-refractivity contribution in [1.29, 1.82) is 0 Å². The second-order valence-corrected chi connectivity index (χ2v) is 5.21. The highest BCUT2D eigenvalue weighted by atomic mass is 32.2. The van der Waals surface area contributed by atoms with Crippen molar-refractivity contribution in [2.45, 2.75) is 11.1 Å². The van der Waals surface area contributed by atoms with E-state index in [-0.39, 0.29) is 12.6 Å². The molecule has 5 nitrogen and oxygen atoms in total. The van der Waals surface area contributed by atoms with Crippen LogP contribution in [0.2, 0.25) is 0 Å². The van der Waals surface area contributed by atoms with Crippen LogP contribution in [0.25, 0.3) is 0 Å². The molecule has 0 bridgehead atoms. The Hall–Kier alpha value is -1.17. The van der Waals surface area contributed by atoms with Crippen molar-refractivity contribution in [2.75, 3.05) is 12.8 Å². The van der Waals surface area contributed by atoms with Crippen molar-refractivity contribution >= 4 is 16.0 Å². The zero-order valence-corrected chi connectivity index (χ0v) is 7.90. The molecule has 2 rings (SSSR count). The molecule has 0 aliphatic carbocycles. The number of fused-ring (bicyclic) bond motifs is 1. The minimum absolute atomic E-state index is 0.257. The Bertz CT molecular complexity index is 456. The van der Waals surface area contributed by atoms with E-state index in [0.29, 0.717) is 5.03 Å². The van der Waals surface area contributed by atoms with Gasteiger partial charge in [-0.15, -0.1) is 0 Å². The lowest BCUT2D eigenvalue weighted by molar-refractivity contribution is -0.110. The third-order valence-electron chi connectivity index (χ3n) is 2.00. The van der Waals surface area contributed by atoms with E-state index >= 15 is 0 Å². The quantitative estimate of drug-likeness (QED) is 0.602. The van der Waals surface area contributed by atoms with Crippen LogP contribution in [0, 0.1) is 0 Å². The highest BCUT2D eigenvalue weighted by Crippen LogP contribution is 2.20. The number of aldehydes is 1. The molecule has 0 radical (unpaired) electrons. The van der Waals surface area contributed by atoms with E-state index in [1.54, 1.807) is 12.3 Å². The molecule has 0 saturated heterocycles. The van der Waals surface area contributed by atoms with Gasteiger partial charge in [0.05, 0.1) is 22.5 Å². The Kier molecular flexibility index (Phi) is 1.73. The monoisotopic (exact) mass is 199 g/mol. The van der Waals surface area contributed by atoms with Gasteiger partial charge in [-0.1, -0.05) is 0 Å². The Morgan fingerprint density at radius 2 is 2.54 bits per heavy atom. The first-order chi connectivity index (χ1) is 6.15. The van der Waals surface area contributed by atoms with Crippen LogP contribution < -0.4 is 0 Å². The minimum atomic E-state index is -2.33. The fraction of sp³-hybridized carbons (Fsp3) is 0.429. The smallest absolute Gasteiger partial charge is 0.146 e. The SMILES string of the molecule is CS1(=O)=NCC(C=O)n2nccc21. The van der Waals surface area contributed by atoms with Crippen molar-refractivity contribution in [3.05, 3.63) is 12.3 Å². The van der Waals surface area contributed by atoms with Crippen LogP contribution in [-0.2, 0) is 14.5 Å². The topological polar surface area (TPSA) is 64.3 Å². The Labute approximate surface area is 75.9 Å². The second-order valence-electron chi connectivity index (χ2n) is 2.93. The number of carbonyl (C=O) groups excluding carboxylic acids is 1. The molecule has 0 fully saturated rings. The fourth-order valence-corrected chi connectivity index (χ4v) is 2.73. The molecule has 0 N–H and O–H groups in total. The summed E-state index contributed by atoms with van der Waals surface area (Å²) in [5, 5.41) is 4.49. The highest BCUT2D eigenvalue weighted by molar-refractivity contribution is 7.92. The van der Waals surface area contributed by atoms with E-state index in [0.717, 1.165) is 6.29 Å². The van der Waals surface area contributed by atoms with Crippen molar-refractivity contribution in [2.24, 2.45) is 4.36 Å². The Balaban J connectivity index is 2.66. The predicted molar refractivity (Wildman–Crippen MR) is 47.0 cm³/mol. The van der Waals surface area contributed by atoms with Crippen LogP contribution >= 0.6 is 0 Å². The van der Waals surface area contributed by atoms with E-state index in [9.17, 15) is 9.00 Å². The molecule has 70 valence electrons. The zero-order chi connectivity index (χ0) is 9.47. The Morgan fingerprint density at radius 1 is 1.77 bits per heavy atom. The standard InChI is InChI=1S/C7H9N3O2S/c1-13(12)7-2-3-8-10(7)6(5-11)4-9-13/h2-3,5-6H,4H2,1H3. The first-order valence-electron chi connectivity index (χ1n) is 3.82. The molecule has 1 aromatic rings. The predicted octanol–water partition coefficient (Wildman–Crippen LogP) is 0.0934. The summed E-state index contributed by atoms with van der Waals surface area (Å²) in [4.78, 5) is 10.6. The molecular weight excluding hydrogens is 190 g/mol. The van der Waals surface area contributed by atoms with E-state index in [1.807, 2.05) is 0 Å². The second kappa shape index (κ2) is 2.66. The molecule has 0 spiro atoms. The molecule has 13 heavy (non-hydrogen) atoms. The molecule has 0 saturated carbocycles. The number of rotatable bonds is 1. The Morgan fingerprint density at radius 3 is 3.23 bits per heavy atom. The van der Waals surface area contributed by atoms with Crippen LogP contribution in [0.1, 0.15) is 6.04 Å². The maximum absolute atomic E-state index is 11.8. The summed E-state index contributed by atoms with van der Waals surface area (Å²) >= 11 is 0. The van der Waals surface area contributed by atoms with Gasteiger partial charge in [0.15, 0.2) is 0 Å². The van der Waals surface area contributed by atoms with E-state index in [4.69, 9.17) is 0 Å². The summed E-state index contributed by atoms with van der Waals surface area (Å²) in [6, 6.07) is 1.25. The largest absolute Gasteiger partial charge is 0.301 e. The number of hydrogen-bond acceptors (Lipinski definition) is 4. The highest BCUT2D eigenvalue weighted by Gasteiger charge is 2.23. The summed E-state index contributed by atoms with van der Waals surface area (Å²) in [5.41, 5.74) is 0. The summed E-state index contributed by atoms with van der Waals surface area (Å²) in [6.45, 7) is 0.257. The van der Waals surface area contributed by atoms with Crippen LogP contribution in [0.3, 0.4) is 0 Å². The summed E-state index contributed by atoms with van der Waals surface area (Å²) < 4.78 is 17.3. The van der Waals surface area contributed by atoms with Gasteiger partial charge in [0.25, 0.3) is 0 Å². The lowest BCUT2D eigenvalue weighted by Crippen LogP contribution is -2.24. The third kappa shape index (κ3) is 1.17. The van der Waals surface area contributed by atoms with Gasteiger partial charge in [0.1, 0.15) is 17.4 Å². The molecule has 6 heteroatoms. The van der Waals surface area contributed by atoms with Gasteiger partial charge in [0.2, 0.25) is 0 Å². The van der Waals surface area contributed by atoms with Crippen LogP contribution in [0.5, 0.6) is 0 Å². The van der Waals surface area contributed by atoms with Gasteiger partial charge in [-0.05, 0) is 6.07 Å². The average Bonchev–Trinajstić information content (AvgIpc) is 2.54.